The molecule has 31 heavy (non-hydrogen) atoms. The van der Waals surface area contributed by atoms with Gasteiger partial charge < -0.3 is 4.74 Å². The molecule has 2 aromatic carbocycles. The summed E-state index contributed by atoms with van der Waals surface area (Å²) >= 11 is 5.26. The van der Waals surface area contributed by atoms with Crippen LogP contribution in [0.4, 0.5) is 0 Å². The molecule has 0 saturated heterocycles. The van der Waals surface area contributed by atoms with Gasteiger partial charge in [0.2, 0.25) is 0 Å². The smallest absolute Gasteiger partial charge is 0.339 e. The molecule has 6 heteroatoms. The maximum atomic E-state index is 12.8. The second-order valence-corrected chi connectivity index (χ2v) is 7.45. The van der Waals surface area contributed by atoms with Gasteiger partial charge in [0.1, 0.15) is 0 Å². The number of aromatic nitrogens is 1. The van der Waals surface area contributed by atoms with Crippen LogP contribution in [0.25, 0.3) is 0 Å². The van der Waals surface area contributed by atoms with Crippen molar-refractivity contribution in [1.29, 1.82) is 0 Å². The summed E-state index contributed by atoms with van der Waals surface area (Å²) in [6, 6.07) is 19.2. The first-order valence-corrected chi connectivity index (χ1v) is 10.2. The number of benzene rings is 2. The van der Waals surface area contributed by atoms with Crippen molar-refractivity contribution < 1.29 is 19.1 Å². The lowest BCUT2D eigenvalue weighted by Gasteiger charge is -2.13. The van der Waals surface area contributed by atoms with Crippen molar-refractivity contribution in [2.75, 3.05) is 6.61 Å². The molecule has 0 bridgehead atoms. The minimum absolute atomic E-state index is 0.0115. The molecule has 1 heterocycles. The van der Waals surface area contributed by atoms with E-state index in [9.17, 15) is 14.4 Å². The lowest BCUT2D eigenvalue weighted by molar-refractivity contribution is -0.113. The topological polar surface area (TPSA) is 73.3 Å². The third-order valence-electron chi connectivity index (χ3n) is 4.81. The van der Waals surface area contributed by atoms with Crippen molar-refractivity contribution in [2.45, 2.75) is 19.3 Å². The van der Waals surface area contributed by atoms with E-state index in [-0.39, 0.29) is 29.5 Å². The number of rotatable bonds is 9. The molecule has 3 aromatic rings. The molecule has 0 amide bonds. The quantitative estimate of drug-likeness (QED) is 0.280. The average molecular weight is 432 g/mol. The highest BCUT2D eigenvalue weighted by Gasteiger charge is 2.21. The number of carbonyl (C=O) groups excluding carboxylic acids is 3. The van der Waals surface area contributed by atoms with Gasteiger partial charge in [0.25, 0.3) is 0 Å². The molecule has 0 aliphatic rings. The van der Waals surface area contributed by atoms with E-state index in [1.54, 1.807) is 61.7 Å². The molecule has 0 aliphatic heterocycles. The molecule has 0 N–H and O–H groups in total. The first-order valence-electron chi connectivity index (χ1n) is 9.81. The Hall–Kier alpha value is -3.51. The summed E-state index contributed by atoms with van der Waals surface area (Å²) < 4.78 is 5.17. The lowest BCUT2D eigenvalue weighted by atomic mass is 9.91. The predicted octanol–water partition coefficient (Wildman–Crippen LogP) is 4.60. The first-order chi connectivity index (χ1) is 15.0. The zero-order valence-electron chi connectivity index (χ0n) is 17.0. The van der Waals surface area contributed by atoms with Crippen molar-refractivity contribution in [3.63, 3.8) is 0 Å². The molecular formula is C25H21NO4S. The minimum Gasteiger partial charge on any atom is -0.462 e. The molecule has 1 unspecified atom stereocenters. The van der Waals surface area contributed by atoms with Crippen LogP contribution in [0.5, 0.6) is 0 Å². The Bertz CT molecular complexity index is 1100. The highest BCUT2D eigenvalue weighted by Crippen LogP contribution is 2.21. The van der Waals surface area contributed by atoms with Crippen molar-refractivity contribution >= 4 is 34.6 Å². The van der Waals surface area contributed by atoms with Gasteiger partial charge in [0.05, 0.1) is 17.0 Å². The van der Waals surface area contributed by atoms with Gasteiger partial charge in [-0.1, -0.05) is 67.7 Å². The van der Waals surface area contributed by atoms with E-state index < -0.39 is 11.9 Å². The van der Waals surface area contributed by atoms with Crippen LogP contribution < -0.4 is 0 Å². The van der Waals surface area contributed by atoms with Crippen molar-refractivity contribution in [1.82, 2.24) is 4.98 Å². The number of esters is 1. The number of ether oxygens (including phenoxy) is 1. The Morgan fingerprint density at radius 2 is 1.65 bits per heavy atom. The molecule has 0 radical (unpaired) electrons. The molecular weight excluding hydrogens is 410 g/mol. The monoisotopic (exact) mass is 431 g/mol. The number of nitrogens with zero attached hydrogens (tertiary/aromatic N) is 1. The number of Topliss-reactive ketones (excluding diaryl/α,β-unsaturated/α-hetero) is 1. The average Bonchev–Trinajstić information content (AvgIpc) is 2.83. The Balaban J connectivity index is 1.59. The Morgan fingerprint density at radius 3 is 2.35 bits per heavy atom. The Morgan fingerprint density at radius 1 is 0.935 bits per heavy atom. The van der Waals surface area contributed by atoms with E-state index in [0.29, 0.717) is 22.3 Å². The molecule has 0 fully saturated rings. The molecule has 0 spiro atoms. The summed E-state index contributed by atoms with van der Waals surface area (Å²) in [6.45, 7) is 1.76. The highest BCUT2D eigenvalue weighted by atomic mass is 32.1. The van der Waals surface area contributed by atoms with Gasteiger partial charge >= 0.3 is 5.97 Å². The SMILES string of the molecule is CC(C(=O)C(=S)CCOC(=O)c1cccnc1)c1cccc(C(=O)c2ccccc2)c1. The van der Waals surface area contributed by atoms with Crippen LogP contribution in [-0.4, -0.2) is 34.0 Å². The normalized spacial score (nSPS) is 11.4. The van der Waals surface area contributed by atoms with Gasteiger partial charge in [-0.15, -0.1) is 0 Å². The zero-order valence-corrected chi connectivity index (χ0v) is 17.8. The van der Waals surface area contributed by atoms with Gasteiger partial charge in [-0.05, 0) is 23.8 Å². The van der Waals surface area contributed by atoms with E-state index >= 15 is 0 Å². The summed E-state index contributed by atoms with van der Waals surface area (Å²) in [6.07, 6.45) is 3.14. The lowest BCUT2D eigenvalue weighted by Crippen LogP contribution is -2.21. The third-order valence-corrected chi connectivity index (χ3v) is 5.22. The zero-order chi connectivity index (χ0) is 22.2. The second-order valence-electron chi connectivity index (χ2n) is 6.96. The molecule has 3 rings (SSSR count). The fourth-order valence-corrected chi connectivity index (χ4v) is 3.28. The van der Waals surface area contributed by atoms with Gasteiger partial charge in [-0.25, -0.2) is 4.79 Å². The molecule has 5 nitrogen and oxygen atoms in total. The van der Waals surface area contributed by atoms with Crippen molar-refractivity contribution in [2.24, 2.45) is 0 Å². The summed E-state index contributed by atoms with van der Waals surface area (Å²) in [4.78, 5) is 41.5. The van der Waals surface area contributed by atoms with Crippen LogP contribution >= 0.6 is 12.2 Å². The van der Waals surface area contributed by atoms with Crippen LogP contribution in [0.15, 0.2) is 79.1 Å². The van der Waals surface area contributed by atoms with Gasteiger partial charge in [-0.3, -0.25) is 14.6 Å². The number of thiocarbonyl (C=S) groups is 1. The molecule has 0 saturated carbocycles. The molecule has 0 aliphatic carbocycles. The summed E-state index contributed by atoms with van der Waals surface area (Å²) in [7, 11) is 0. The van der Waals surface area contributed by atoms with Gasteiger partial charge in [0, 0.05) is 35.9 Å². The predicted molar refractivity (Wildman–Crippen MR) is 121 cm³/mol. The summed E-state index contributed by atoms with van der Waals surface area (Å²) in [5, 5.41) is 0. The molecule has 1 aromatic heterocycles. The van der Waals surface area contributed by atoms with Crippen molar-refractivity contribution in [3.8, 4) is 0 Å². The first kappa shape index (κ1) is 22.2. The van der Waals surface area contributed by atoms with Gasteiger partial charge in [0.15, 0.2) is 11.6 Å². The summed E-state index contributed by atoms with van der Waals surface area (Å²) in [5.41, 5.74) is 2.15. The Kier molecular flexibility index (Phi) is 7.51. The van der Waals surface area contributed by atoms with Crippen LogP contribution in [0.3, 0.4) is 0 Å². The molecule has 156 valence electrons. The van der Waals surface area contributed by atoms with Crippen LogP contribution in [0, 0.1) is 0 Å². The number of carbonyl (C=O) groups is 3. The number of hydrogen-bond acceptors (Lipinski definition) is 6. The van der Waals surface area contributed by atoms with Crippen LogP contribution in [-0.2, 0) is 9.53 Å². The maximum absolute atomic E-state index is 12.8. The van der Waals surface area contributed by atoms with E-state index in [2.05, 4.69) is 4.98 Å². The molecule has 1 atom stereocenters. The fraction of sp³-hybridized carbons (Fsp3) is 0.160. The van der Waals surface area contributed by atoms with E-state index in [0.717, 1.165) is 0 Å². The largest absolute Gasteiger partial charge is 0.462 e. The van der Waals surface area contributed by atoms with E-state index in [4.69, 9.17) is 17.0 Å². The number of ketones is 2. The van der Waals surface area contributed by atoms with Gasteiger partial charge in [-0.2, -0.15) is 0 Å². The maximum Gasteiger partial charge on any atom is 0.339 e. The second kappa shape index (κ2) is 10.5. The Labute approximate surface area is 186 Å². The minimum atomic E-state index is -0.511. The number of pyridine rings is 1. The summed E-state index contributed by atoms with van der Waals surface area (Å²) in [5.74, 6) is -1.35. The van der Waals surface area contributed by atoms with E-state index in [1.165, 1.54) is 6.20 Å². The third kappa shape index (κ3) is 5.77. The van der Waals surface area contributed by atoms with E-state index in [1.807, 2.05) is 18.2 Å². The highest BCUT2D eigenvalue weighted by molar-refractivity contribution is 7.82. The van der Waals surface area contributed by atoms with Crippen LogP contribution in [0.2, 0.25) is 0 Å². The number of hydrogen-bond donors (Lipinski definition) is 0. The fourth-order valence-electron chi connectivity index (χ4n) is 3.02. The van der Waals surface area contributed by atoms with Crippen molar-refractivity contribution in [3.05, 3.63) is 101 Å². The standard InChI is InChI=1S/C25H21NO4S/c1-17(19-9-5-10-20(15-19)24(28)18-7-3-2-4-8-18)23(27)22(31)12-14-30-25(29)21-11-6-13-26-16-21/h2-11,13,15-17H,12,14H2,1H3. The van der Waals surface area contributed by atoms with Crippen LogP contribution in [0.1, 0.15) is 51.1 Å².